The number of aromatic nitrogens is 1. The Hall–Kier alpha value is -3.15. The minimum Gasteiger partial charge on any atom is -0.497 e. The van der Waals surface area contributed by atoms with Gasteiger partial charge in [0.15, 0.2) is 0 Å². The molecule has 0 fully saturated rings. The number of fused-ring (bicyclic) bond motifs is 2. The first-order chi connectivity index (χ1) is 12.6. The Labute approximate surface area is 151 Å². The van der Waals surface area contributed by atoms with E-state index in [2.05, 4.69) is 17.6 Å². The van der Waals surface area contributed by atoms with Crippen molar-refractivity contribution in [2.24, 2.45) is 5.73 Å². The second kappa shape index (κ2) is 7.39. The van der Waals surface area contributed by atoms with E-state index in [1.54, 1.807) is 13.2 Å². The fraction of sp³-hybridized carbons (Fsp3) is 0.250. The second-order valence-corrected chi connectivity index (χ2v) is 5.93. The number of allylic oxidation sites excluding steroid dienone is 3. The summed E-state index contributed by atoms with van der Waals surface area (Å²) >= 11 is 0. The molecule has 0 saturated carbocycles. The van der Waals surface area contributed by atoms with Gasteiger partial charge in [-0.05, 0) is 36.0 Å². The molecule has 136 valence electrons. The number of carbonyl (C=O) groups excluding carboxylic acids is 1. The standard InChI is InChI=1S/C20H22N2O4/c1-12(24-2)14(5-4-7-21)20-15-10-18-13(6-8-26-18)9-16(15)22-17(20)11-19(23)25-3/h4-5,7,9-10,22H,1,6,8,11,21H2,2-3H3/b7-4-,14-5+. The fourth-order valence-corrected chi connectivity index (χ4v) is 3.16. The predicted molar refractivity (Wildman–Crippen MR) is 101 cm³/mol. The van der Waals surface area contributed by atoms with Gasteiger partial charge in [-0.25, -0.2) is 0 Å². The van der Waals surface area contributed by atoms with Crippen molar-refractivity contribution in [3.63, 3.8) is 0 Å². The minimum atomic E-state index is -0.335. The second-order valence-electron chi connectivity index (χ2n) is 5.93. The maximum Gasteiger partial charge on any atom is 0.311 e. The lowest BCUT2D eigenvalue weighted by atomic mass is 9.97. The molecule has 0 saturated heterocycles. The molecule has 3 rings (SSSR count). The number of benzene rings is 1. The number of carbonyl (C=O) groups is 1. The van der Waals surface area contributed by atoms with E-state index in [4.69, 9.17) is 19.9 Å². The van der Waals surface area contributed by atoms with Crippen molar-refractivity contribution in [1.82, 2.24) is 4.98 Å². The average molecular weight is 354 g/mol. The van der Waals surface area contributed by atoms with Gasteiger partial charge < -0.3 is 24.9 Å². The van der Waals surface area contributed by atoms with Gasteiger partial charge in [-0.3, -0.25) is 4.79 Å². The van der Waals surface area contributed by atoms with Gasteiger partial charge in [0.1, 0.15) is 11.5 Å². The lowest BCUT2D eigenvalue weighted by molar-refractivity contribution is -0.139. The lowest BCUT2D eigenvalue weighted by Crippen LogP contribution is -2.07. The summed E-state index contributed by atoms with van der Waals surface area (Å²) in [4.78, 5) is 15.3. The maximum atomic E-state index is 11.9. The topological polar surface area (TPSA) is 86.6 Å². The number of H-pyrrole nitrogens is 1. The Morgan fingerprint density at radius 2 is 2.19 bits per heavy atom. The van der Waals surface area contributed by atoms with Crippen molar-refractivity contribution in [2.45, 2.75) is 12.8 Å². The van der Waals surface area contributed by atoms with Crippen LogP contribution in [0.3, 0.4) is 0 Å². The van der Waals surface area contributed by atoms with Crippen LogP contribution in [0.2, 0.25) is 0 Å². The SMILES string of the molecule is C=C(OC)/C(=C\C=C/N)c1c(CC(=O)OC)[nH]c2cc3c(cc12)OCC3. The van der Waals surface area contributed by atoms with E-state index < -0.39 is 0 Å². The molecule has 26 heavy (non-hydrogen) atoms. The number of aromatic amines is 1. The van der Waals surface area contributed by atoms with Crippen molar-refractivity contribution in [1.29, 1.82) is 0 Å². The molecular formula is C20H22N2O4. The Morgan fingerprint density at radius 1 is 1.38 bits per heavy atom. The van der Waals surface area contributed by atoms with Crippen molar-refractivity contribution >= 4 is 22.4 Å². The van der Waals surface area contributed by atoms with Crippen molar-refractivity contribution in [3.05, 3.63) is 59.6 Å². The van der Waals surface area contributed by atoms with Gasteiger partial charge in [-0.1, -0.05) is 6.58 Å². The molecule has 1 aliphatic heterocycles. The molecule has 0 atom stereocenters. The molecule has 0 spiro atoms. The van der Waals surface area contributed by atoms with E-state index in [1.165, 1.54) is 13.3 Å². The van der Waals surface area contributed by atoms with Crippen LogP contribution in [0, 0.1) is 0 Å². The summed E-state index contributed by atoms with van der Waals surface area (Å²) in [6.45, 7) is 4.65. The van der Waals surface area contributed by atoms with Crippen LogP contribution < -0.4 is 10.5 Å². The summed E-state index contributed by atoms with van der Waals surface area (Å²) in [5, 5.41) is 0.930. The molecule has 1 aromatic heterocycles. The van der Waals surface area contributed by atoms with Gasteiger partial charge in [0.05, 0.1) is 27.2 Å². The minimum absolute atomic E-state index is 0.104. The van der Waals surface area contributed by atoms with Crippen LogP contribution in [0.4, 0.5) is 0 Å². The normalized spacial score (nSPS) is 13.7. The zero-order valence-electron chi connectivity index (χ0n) is 14.9. The first kappa shape index (κ1) is 17.7. The third-order valence-corrected chi connectivity index (χ3v) is 4.43. The highest BCUT2D eigenvalue weighted by atomic mass is 16.5. The third kappa shape index (κ3) is 3.18. The van der Waals surface area contributed by atoms with Crippen molar-refractivity contribution < 1.29 is 19.0 Å². The van der Waals surface area contributed by atoms with Gasteiger partial charge in [0.25, 0.3) is 0 Å². The number of hydrogen-bond donors (Lipinski definition) is 2. The molecule has 6 nitrogen and oxygen atoms in total. The molecule has 1 aromatic carbocycles. The number of ether oxygens (including phenoxy) is 3. The predicted octanol–water partition coefficient (Wildman–Crippen LogP) is 2.83. The Balaban J connectivity index is 2.26. The first-order valence-corrected chi connectivity index (χ1v) is 8.28. The smallest absolute Gasteiger partial charge is 0.311 e. The van der Waals surface area contributed by atoms with Crippen LogP contribution in [-0.4, -0.2) is 31.8 Å². The Bertz CT molecular complexity index is 922. The Kier molecular flexibility index (Phi) is 5.02. The molecule has 6 heteroatoms. The Morgan fingerprint density at radius 3 is 2.88 bits per heavy atom. The molecule has 0 bridgehead atoms. The summed E-state index contributed by atoms with van der Waals surface area (Å²) < 4.78 is 15.9. The summed E-state index contributed by atoms with van der Waals surface area (Å²) in [5.74, 6) is 0.994. The summed E-state index contributed by atoms with van der Waals surface area (Å²) in [6.07, 6.45) is 5.91. The van der Waals surface area contributed by atoms with E-state index in [9.17, 15) is 4.79 Å². The maximum absolute atomic E-state index is 11.9. The number of hydrogen-bond acceptors (Lipinski definition) is 5. The van der Waals surface area contributed by atoms with Crippen LogP contribution >= 0.6 is 0 Å². The van der Waals surface area contributed by atoms with E-state index in [-0.39, 0.29) is 12.4 Å². The fourth-order valence-electron chi connectivity index (χ4n) is 3.16. The van der Waals surface area contributed by atoms with Crippen LogP contribution in [0.25, 0.3) is 16.5 Å². The first-order valence-electron chi connectivity index (χ1n) is 8.28. The van der Waals surface area contributed by atoms with Gasteiger partial charge in [0, 0.05) is 34.2 Å². The van der Waals surface area contributed by atoms with Crippen LogP contribution in [-0.2, 0) is 27.1 Å². The zero-order valence-corrected chi connectivity index (χ0v) is 14.9. The summed E-state index contributed by atoms with van der Waals surface area (Å²) in [5.41, 5.74) is 9.86. The number of nitrogens with two attached hydrogens (primary N) is 1. The highest BCUT2D eigenvalue weighted by Crippen LogP contribution is 2.38. The highest BCUT2D eigenvalue weighted by Gasteiger charge is 2.23. The van der Waals surface area contributed by atoms with E-state index in [0.717, 1.165) is 45.5 Å². The molecule has 0 radical (unpaired) electrons. The summed E-state index contributed by atoms with van der Waals surface area (Å²) in [7, 11) is 2.92. The highest BCUT2D eigenvalue weighted by molar-refractivity contribution is 6.00. The van der Waals surface area contributed by atoms with Crippen LogP contribution in [0.5, 0.6) is 5.75 Å². The average Bonchev–Trinajstić information content (AvgIpc) is 3.23. The number of esters is 1. The lowest BCUT2D eigenvalue weighted by Gasteiger charge is -2.11. The monoisotopic (exact) mass is 354 g/mol. The van der Waals surface area contributed by atoms with Crippen molar-refractivity contribution in [2.75, 3.05) is 20.8 Å². The number of methoxy groups -OCH3 is 2. The largest absolute Gasteiger partial charge is 0.497 e. The number of nitrogens with one attached hydrogen (secondary N) is 1. The van der Waals surface area contributed by atoms with E-state index in [0.29, 0.717) is 12.4 Å². The quantitative estimate of drug-likeness (QED) is 0.473. The third-order valence-electron chi connectivity index (χ3n) is 4.43. The molecule has 0 amide bonds. The zero-order chi connectivity index (χ0) is 18.7. The van der Waals surface area contributed by atoms with Gasteiger partial charge in [-0.15, -0.1) is 0 Å². The molecule has 3 N–H and O–H groups in total. The summed E-state index contributed by atoms with van der Waals surface area (Å²) in [6, 6.07) is 4.06. The molecule has 0 unspecified atom stereocenters. The number of rotatable bonds is 6. The molecule has 2 heterocycles. The van der Waals surface area contributed by atoms with Gasteiger partial charge in [-0.2, -0.15) is 0 Å². The van der Waals surface area contributed by atoms with E-state index >= 15 is 0 Å². The van der Waals surface area contributed by atoms with Gasteiger partial charge >= 0.3 is 5.97 Å². The van der Waals surface area contributed by atoms with Crippen LogP contribution in [0.15, 0.2) is 42.8 Å². The van der Waals surface area contributed by atoms with Crippen molar-refractivity contribution in [3.8, 4) is 5.75 Å². The van der Waals surface area contributed by atoms with E-state index in [1.807, 2.05) is 12.1 Å². The van der Waals surface area contributed by atoms with Gasteiger partial charge in [0.2, 0.25) is 0 Å². The molecule has 0 aliphatic carbocycles. The van der Waals surface area contributed by atoms with Crippen LogP contribution in [0.1, 0.15) is 16.8 Å². The molecular weight excluding hydrogens is 332 g/mol. The molecule has 2 aromatic rings. The molecule has 1 aliphatic rings.